The molecular weight excluding hydrogens is 97.5 g/mol. The highest BCUT2D eigenvalue weighted by molar-refractivity contribution is 6.20. The topological polar surface area (TPSA) is 26.0 Å². The second-order valence-corrected chi connectivity index (χ2v) is 2.23. The normalized spacial score (nSPS) is 20.0. The summed E-state index contributed by atoms with van der Waals surface area (Å²) in [4.78, 5) is 0. The summed E-state index contributed by atoms with van der Waals surface area (Å²) in [5.41, 5.74) is 5.30. The molecule has 0 saturated carbocycles. The van der Waals surface area contributed by atoms with Crippen LogP contribution in [0, 0.1) is 0 Å². The minimum absolute atomic E-state index is 0.102. The molecule has 6 heavy (non-hydrogen) atoms. The molecule has 1 nitrogen and oxygen atoms in total. The Hall–Kier alpha value is 0.250. The van der Waals surface area contributed by atoms with Crippen LogP contribution in [0.5, 0.6) is 0 Å². The maximum absolute atomic E-state index is 5.49. The van der Waals surface area contributed by atoms with Gasteiger partial charge in [-0.05, 0) is 13.8 Å². The Labute approximate surface area is 43.5 Å². The highest BCUT2D eigenvalue weighted by atomic mass is 35.5. The number of alkyl halides is 1. The van der Waals surface area contributed by atoms with E-state index in [2.05, 4.69) is 0 Å². The van der Waals surface area contributed by atoms with Gasteiger partial charge in [-0.25, -0.2) is 0 Å². The van der Waals surface area contributed by atoms with Crippen molar-refractivity contribution < 1.29 is 0 Å². The lowest BCUT2D eigenvalue weighted by Gasteiger charge is -2.03. The van der Waals surface area contributed by atoms with Crippen LogP contribution in [0.3, 0.4) is 0 Å². The van der Waals surface area contributed by atoms with Crippen LogP contribution in [-0.2, 0) is 0 Å². The lowest BCUT2D eigenvalue weighted by atomic mass is 10.3. The molecule has 0 rings (SSSR count). The number of hydrogen-bond donors (Lipinski definition) is 1. The SMILES string of the molecule is C[C@@H](N)[C@@H](C)Cl. The predicted octanol–water partition coefficient (Wildman–Crippen LogP) is 0.961. The summed E-state index contributed by atoms with van der Waals surface area (Å²) in [7, 11) is 0. The van der Waals surface area contributed by atoms with Crippen LogP contribution in [0.2, 0.25) is 0 Å². The lowest BCUT2D eigenvalue weighted by molar-refractivity contribution is 0.723. The third-order valence-electron chi connectivity index (χ3n) is 0.725. The van der Waals surface area contributed by atoms with E-state index in [0.29, 0.717) is 0 Å². The molecule has 0 spiro atoms. The standard InChI is InChI=1S/C4H10ClN/c1-3(5)4(2)6/h3-4H,6H2,1-2H3/t3-,4-/m1/s1. The van der Waals surface area contributed by atoms with Crippen molar-refractivity contribution in [3.8, 4) is 0 Å². The first kappa shape index (κ1) is 6.25. The molecule has 0 aliphatic carbocycles. The molecule has 0 aliphatic rings. The van der Waals surface area contributed by atoms with E-state index in [1.807, 2.05) is 13.8 Å². The second kappa shape index (κ2) is 2.43. The molecule has 0 aliphatic heterocycles. The first-order valence-corrected chi connectivity index (χ1v) is 2.48. The fourth-order valence-electron chi connectivity index (χ4n) is 0. The van der Waals surface area contributed by atoms with Crippen LogP contribution in [-0.4, -0.2) is 11.4 Å². The summed E-state index contributed by atoms with van der Waals surface area (Å²) in [6.07, 6.45) is 0. The summed E-state index contributed by atoms with van der Waals surface area (Å²) in [6, 6.07) is 0.117. The molecule has 0 fully saturated rings. The first-order chi connectivity index (χ1) is 2.64. The van der Waals surface area contributed by atoms with Crippen molar-refractivity contribution in [2.24, 2.45) is 5.73 Å². The first-order valence-electron chi connectivity index (χ1n) is 2.04. The van der Waals surface area contributed by atoms with Crippen molar-refractivity contribution in [3.05, 3.63) is 0 Å². The van der Waals surface area contributed by atoms with Crippen molar-refractivity contribution >= 4 is 11.6 Å². The van der Waals surface area contributed by atoms with Crippen LogP contribution in [0.15, 0.2) is 0 Å². The minimum atomic E-state index is 0.102. The van der Waals surface area contributed by atoms with Gasteiger partial charge in [-0.3, -0.25) is 0 Å². The van der Waals surface area contributed by atoms with E-state index < -0.39 is 0 Å². The van der Waals surface area contributed by atoms with Crippen molar-refractivity contribution in [1.82, 2.24) is 0 Å². The van der Waals surface area contributed by atoms with E-state index in [1.165, 1.54) is 0 Å². The molecule has 2 heteroatoms. The molecule has 0 aromatic heterocycles. The van der Waals surface area contributed by atoms with Gasteiger partial charge in [-0.2, -0.15) is 0 Å². The largest absolute Gasteiger partial charge is 0.327 e. The van der Waals surface area contributed by atoms with Gasteiger partial charge in [0.25, 0.3) is 0 Å². The molecule has 2 N–H and O–H groups in total. The molecule has 38 valence electrons. The van der Waals surface area contributed by atoms with Crippen LogP contribution < -0.4 is 5.73 Å². The summed E-state index contributed by atoms with van der Waals surface area (Å²) in [5.74, 6) is 0. The van der Waals surface area contributed by atoms with Gasteiger partial charge in [-0.15, -0.1) is 11.6 Å². The van der Waals surface area contributed by atoms with Crippen LogP contribution in [0.25, 0.3) is 0 Å². The smallest absolute Gasteiger partial charge is 0.0456 e. The van der Waals surface area contributed by atoms with Gasteiger partial charge in [0.05, 0.1) is 0 Å². The Morgan fingerprint density at radius 2 is 1.67 bits per heavy atom. The van der Waals surface area contributed by atoms with Gasteiger partial charge in [0.2, 0.25) is 0 Å². The summed E-state index contributed by atoms with van der Waals surface area (Å²) < 4.78 is 0. The van der Waals surface area contributed by atoms with E-state index in [9.17, 15) is 0 Å². The van der Waals surface area contributed by atoms with Crippen LogP contribution in [0.4, 0.5) is 0 Å². The molecule has 0 aromatic rings. The average molecular weight is 108 g/mol. The Bertz CT molecular complexity index is 28.5. The fraction of sp³-hybridized carbons (Fsp3) is 1.00. The summed E-state index contributed by atoms with van der Waals surface area (Å²) >= 11 is 5.49. The van der Waals surface area contributed by atoms with Crippen molar-refractivity contribution in [3.63, 3.8) is 0 Å². The number of rotatable bonds is 1. The average Bonchev–Trinajstić information content (AvgIpc) is 1.36. The molecular formula is C4H10ClN. The Balaban J connectivity index is 2.99. The molecule has 0 unspecified atom stereocenters. The minimum Gasteiger partial charge on any atom is -0.327 e. The van der Waals surface area contributed by atoms with Gasteiger partial charge >= 0.3 is 0 Å². The van der Waals surface area contributed by atoms with Crippen LogP contribution in [0.1, 0.15) is 13.8 Å². The van der Waals surface area contributed by atoms with Gasteiger partial charge in [0, 0.05) is 11.4 Å². The zero-order chi connectivity index (χ0) is 5.15. The molecule has 2 atom stereocenters. The predicted molar refractivity (Wildman–Crippen MR) is 29.0 cm³/mol. The zero-order valence-electron chi connectivity index (χ0n) is 4.11. The van der Waals surface area contributed by atoms with Gasteiger partial charge in [-0.1, -0.05) is 0 Å². The van der Waals surface area contributed by atoms with E-state index in [4.69, 9.17) is 17.3 Å². The quantitative estimate of drug-likeness (QED) is 0.497. The van der Waals surface area contributed by atoms with Crippen molar-refractivity contribution in [2.75, 3.05) is 0 Å². The van der Waals surface area contributed by atoms with E-state index >= 15 is 0 Å². The Kier molecular flexibility index (Phi) is 2.53. The van der Waals surface area contributed by atoms with Gasteiger partial charge in [0.1, 0.15) is 0 Å². The Morgan fingerprint density at radius 3 is 1.67 bits per heavy atom. The Morgan fingerprint density at radius 1 is 1.50 bits per heavy atom. The van der Waals surface area contributed by atoms with E-state index in [0.717, 1.165) is 0 Å². The van der Waals surface area contributed by atoms with E-state index in [1.54, 1.807) is 0 Å². The second-order valence-electron chi connectivity index (χ2n) is 1.54. The molecule has 0 aromatic carbocycles. The molecule has 0 amide bonds. The summed E-state index contributed by atoms with van der Waals surface area (Å²) in [6.45, 7) is 3.77. The highest BCUT2D eigenvalue weighted by Gasteiger charge is 1.98. The van der Waals surface area contributed by atoms with Crippen LogP contribution >= 0.6 is 11.6 Å². The third kappa shape index (κ3) is 2.49. The molecule has 0 bridgehead atoms. The third-order valence-corrected chi connectivity index (χ3v) is 1.12. The molecule has 0 heterocycles. The highest BCUT2D eigenvalue weighted by Crippen LogP contribution is 1.95. The monoisotopic (exact) mass is 107 g/mol. The zero-order valence-corrected chi connectivity index (χ0v) is 4.87. The number of nitrogens with two attached hydrogens (primary N) is 1. The maximum Gasteiger partial charge on any atom is 0.0456 e. The summed E-state index contributed by atoms with van der Waals surface area (Å²) in [5, 5.41) is 0.102. The van der Waals surface area contributed by atoms with E-state index in [-0.39, 0.29) is 11.4 Å². The number of hydrogen-bond acceptors (Lipinski definition) is 1. The molecule has 0 saturated heterocycles. The van der Waals surface area contributed by atoms with Gasteiger partial charge < -0.3 is 5.73 Å². The van der Waals surface area contributed by atoms with Crippen molar-refractivity contribution in [2.45, 2.75) is 25.3 Å². The molecule has 0 radical (unpaired) electrons. The lowest BCUT2D eigenvalue weighted by Crippen LogP contribution is -2.23. The van der Waals surface area contributed by atoms with Gasteiger partial charge in [0.15, 0.2) is 0 Å². The fourth-order valence-corrected chi connectivity index (χ4v) is 0. The van der Waals surface area contributed by atoms with Crippen molar-refractivity contribution in [1.29, 1.82) is 0 Å². The maximum atomic E-state index is 5.49. The number of halogens is 1.